The molecule has 12 heavy (non-hydrogen) atoms. The smallest absolute Gasteiger partial charge is 0.130 e. The second-order valence-electron chi connectivity index (χ2n) is 3.21. The van der Waals surface area contributed by atoms with Crippen LogP contribution >= 0.6 is 0 Å². The predicted octanol–water partition coefficient (Wildman–Crippen LogP) is 0.599. The van der Waals surface area contributed by atoms with Crippen molar-refractivity contribution in [3.63, 3.8) is 0 Å². The number of anilines is 1. The van der Waals surface area contributed by atoms with Gasteiger partial charge in [0.2, 0.25) is 0 Å². The molecule has 0 bridgehead atoms. The minimum Gasteiger partial charge on any atom is -0.387 e. The van der Waals surface area contributed by atoms with E-state index in [-0.39, 0.29) is 5.92 Å². The lowest BCUT2D eigenvalue weighted by molar-refractivity contribution is 0.170. The van der Waals surface area contributed by atoms with Crippen LogP contribution in [-0.2, 0) is 0 Å². The third-order valence-electron chi connectivity index (χ3n) is 2.33. The lowest BCUT2D eigenvalue weighted by Crippen LogP contribution is -2.01. The van der Waals surface area contributed by atoms with Crippen LogP contribution in [0, 0.1) is 0 Å². The first-order valence-corrected chi connectivity index (χ1v) is 3.98. The molecule has 3 N–H and O–H groups in total. The van der Waals surface area contributed by atoms with Gasteiger partial charge in [0.1, 0.15) is 12.1 Å². The van der Waals surface area contributed by atoms with Gasteiger partial charge >= 0.3 is 0 Å². The van der Waals surface area contributed by atoms with Crippen LogP contribution in [0.1, 0.15) is 36.6 Å². The molecule has 0 amide bonds. The summed E-state index contributed by atoms with van der Waals surface area (Å²) >= 11 is 0. The van der Waals surface area contributed by atoms with Gasteiger partial charge in [0.15, 0.2) is 0 Å². The van der Waals surface area contributed by atoms with Gasteiger partial charge in [-0.1, -0.05) is 6.92 Å². The van der Waals surface area contributed by atoms with E-state index in [1.165, 1.54) is 6.33 Å². The summed E-state index contributed by atoms with van der Waals surface area (Å²) in [6, 6.07) is 0. The molecule has 2 atom stereocenters. The molecule has 0 saturated carbocycles. The van der Waals surface area contributed by atoms with Crippen molar-refractivity contribution in [2.75, 3.05) is 5.73 Å². The fourth-order valence-corrected chi connectivity index (χ4v) is 1.76. The van der Waals surface area contributed by atoms with E-state index in [0.717, 1.165) is 5.56 Å². The molecule has 0 radical (unpaired) electrons. The van der Waals surface area contributed by atoms with Crippen molar-refractivity contribution in [3.05, 3.63) is 17.6 Å². The van der Waals surface area contributed by atoms with Gasteiger partial charge in [-0.2, -0.15) is 0 Å². The standard InChI is InChI=1S/C8H11N3O/c1-4-2-5(12)7-6(4)8(9)11-3-10-7/h3-5,12H,2H2,1H3,(H2,9,10,11). The summed E-state index contributed by atoms with van der Waals surface area (Å²) in [6.07, 6.45) is 1.65. The molecule has 2 rings (SSSR count). The number of aliphatic hydroxyl groups is 1. The Labute approximate surface area is 70.5 Å². The number of hydrogen-bond donors (Lipinski definition) is 2. The zero-order valence-corrected chi connectivity index (χ0v) is 6.86. The molecule has 0 aliphatic heterocycles. The first-order valence-electron chi connectivity index (χ1n) is 3.98. The summed E-state index contributed by atoms with van der Waals surface area (Å²) in [5.41, 5.74) is 7.29. The largest absolute Gasteiger partial charge is 0.387 e. The zero-order valence-electron chi connectivity index (χ0n) is 6.86. The maximum Gasteiger partial charge on any atom is 0.130 e. The van der Waals surface area contributed by atoms with Crippen LogP contribution in [0.2, 0.25) is 0 Å². The van der Waals surface area contributed by atoms with Crippen molar-refractivity contribution >= 4 is 5.82 Å². The summed E-state index contributed by atoms with van der Waals surface area (Å²) in [5, 5.41) is 9.53. The molecule has 4 nitrogen and oxygen atoms in total. The van der Waals surface area contributed by atoms with Gasteiger partial charge < -0.3 is 10.8 Å². The van der Waals surface area contributed by atoms with E-state index < -0.39 is 6.10 Å². The summed E-state index contributed by atoms with van der Waals surface area (Å²) in [7, 11) is 0. The first-order chi connectivity index (χ1) is 5.70. The normalized spacial score (nSPS) is 27.2. The number of fused-ring (bicyclic) bond motifs is 1. The number of nitrogens with two attached hydrogens (primary N) is 1. The quantitative estimate of drug-likeness (QED) is 0.590. The van der Waals surface area contributed by atoms with Crippen LogP contribution in [0.5, 0.6) is 0 Å². The molecule has 64 valence electrons. The van der Waals surface area contributed by atoms with Gasteiger partial charge in [0, 0.05) is 5.56 Å². The van der Waals surface area contributed by atoms with Crippen LogP contribution in [0.25, 0.3) is 0 Å². The molecule has 0 saturated heterocycles. The topological polar surface area (TPSA) is 72.0 Å². The molecule has 1 aromatic heterocycles. The third kappa shape index (κ3) is 0.881. The highest BCUT2D eigenvalue weighted by Gasteiger charge is 2.30. The van der Waals surface area contributed by atoms with Gasteiger partial charge in [-0.15, -0.1) is 0 Å². The fraction of sp³-hybridized carbons (Fsp3) is 0.500. The Balaban J connectivity index is 2.59. The van der Waals surface area contributed by atoms with E-state index in [1.54, 1.807) is 0 Å². The van der Waals surface area contributed by atoms with Crippen molar-refractivity contribution in [2.24, 2.45) is 0 Å². The van der Waals surface area contributed by atoms with Crippen molar-refractivity contribution in [3.8, 4) is 0 Å². The molecular weight excluding hydrogens is 154 g/mol. The summed E-state index contributed by atoms with van der Waals surface area (Å²) < 4.78 is 0. The van der Waals surface area contributed by atoms with Gasteiger partial charge in [-0.05, 0) is 12.3 Å². The number of nitrogens with zero attached hydrogens (tertiary/aromatic N) is 2. The highest BCUT2D eigenvalue weighted by Crippen LogP contribution is 2.40. The fourth-order valence-electron chi connectivity index (χ4n) is 1.76. The number of aromatic nitrogens is 2. The minimum absolute atomic E-state index is 0.274. The Kier molecular flexibility index (Phi) is 1.51. The molecule has 0 fully saturated rings. The van der Waals surface area contributed by atoms with Crippen molar-refractivity contribution in [1.29, 1.82) is 0 Å². The minimum atomic E-state index is -0.458. The van der Waals surface area contributed by atoms with Crippen LogP contribution in [0.15, 0.2) is 6.33 Å². The van der Waals surface area contributed by atoms with E-state index in [2.05, 4.69) is 9.97 Å². The van der Waals surface area contributed by atoms with Crippen LogP contribution < -0.4 is 5.73 Å². The second kappa shape index (κ2) is 2.42. The van der Waals surface area contributed by atoms with Crippen molar-refractivity contribution in [1.82, 2.24) is 9.97 Å². The Morgan fingerprint density at radius 3 is 3.00 bits per heavy atom. The van der Waals surface area contributed by atoms with E-state index >= 15 is 0 Å². The zero-order chi connectivity index (χ0) is 8.72. The molecule has 1 aromatic rings. The van der Waals surface area contributed by atoms with Crippen LogP contribution in [0.4, 0.5) is 5.82 Å². The highest BCUT2D eigenvalue weighted by molar-refractivity contribution is 5.47. The van der Waals surface area contributed by atoms with Crippen molar-refractivity contribution in [2.45, 2.75) is 25.4 Å². The Morgan fingerprint density at radius 1 is 1.58 bits per heavy atom. The molecule has 1 heterocycles. The molecule has 4 heteroatoms. The molecule has 0 spiro atoms. The van der Waals surface area contributed by atoms with E-state index in [4.69, 9.17) is 5.73 Å². The summed E-state index contributed by atoms with van der Waals surface area (Å²) in [4.78, 5) is 7.90. The summed E-state index contributed by atoms with van der Waals surface area (Å²) in [6.45, 7) is 2.02. The molecular formula is C8H11N3O. The van der Waals surface area contributed by atoms with Crippen molar-refractivity contribution < 1.29 is 5.11 Å². The second-order valence-corrected chi connectivity index (χ2v) is 3.21. The monoisotopic (exact) mass is 165 g/mol. The van der Waals surface area contributed by atoms with Crippen LogP contribution in [-0.4, -0.2) is 15.1 Å². The average Bonchev–Trinajstić information content (AvgIpc) is 2.29. The number of hydrogen-bond acceptors (Lipinski definition) is 4. The lowest BCUT2D eigenvalue weighted by Gasteiger charge is -2.04. The predicted molar refractivity (Wildman–Crippen MR) is 44.4 cm³/mol. The third-order valence-corrected chi connectivity index (χ3v) is 2.33. The van der Waals surface area contributed by atoms with E-state index in [9.17, 15) is 5.11 Å². The van der Waals surface area contributed by atoms with Gasteiger partial charge in [-0.25, -0.2) is 9.97 Å². The SMILES string of the molecule is CC1CC(O)c2ncnc(N)c21. The molecule has 1 aliphatic rings. The maximum absolute atomic E-state index is 9.53. The lowest BCUT2D eigenvalue weighted by atomic mass is 10.1. The van der Waals surface area contributed by atoms with Crippen LogP contribution in [0.3, 0.4) is 0 Å². The first kappa shape index (κ1) is 7.49. The van der Waals surface area contributed by atoms with E-state index in [0.29, 0.717) is 17.9 Å². The number of aliphatic hydroxyl groups excluding tert-OH is 1. The molecule has 2 unspecified atom stereocenters. The molecule has 1 aliphatic carbocycles. The number of rotatable bonds is 0. The Morgan fingerprint density at radius 2 is 2.33 bits per heavy atom. The summed E-state index contributed by atoms with van der Waals surface area (Å²) in [5.74, 6) is 0.778. The van der Waals surface area contributed by atoms with Gasteiger partial charge in [0.25, 0.3) is 0 Å². The van der Waals surface area contributed by atoms with E-state index in [1.807, 2.05) is 6.92 Å². The maximum atomic E-state index is 9.53. The highest BCUT2D eigenvalue weighted by atomic mass is 16.3. The molecule has 0 aromatic carbocycles. The Hall–Kier alpha value is -1.16. The number of nitrogen functional groups attached to an aromatic ring is 1. The van der Waals surface area contributed by atoms with Gasteiger partial charge in [-0.3, -0.25) is 0 Å². The van der Waals surface area contributed by atoms with Gasteiger partial charge in [0.05, 0.1) is 11.8 Å². The Bertz CT molecular complexity index is 313. The average molecular weight is 165 g/mol.